The molecule has 132 valence electrons. The van der Waals surface area contributed by atoms with E-state index in [1.54, 1.807) is 25.1 Å². The van der Waals surface area contributed by atoms with Gasteiger partial charge in [0, 0.05) is 33.1 Å². The number of urea groups is 1. The molecule has 1 saturated heterocycles. The van der Waals surface area contributed by atoms with Gasteiger partial charge in [0.2, 0.25) is 0 Å². The monoisotopic (exact) mass is 351 g/mol. The Morgan fingerprint density at radius 3 is 2.54 bits per heavy atom. The second-order valence-electron chi connectivity index (χ2n) is 7.00. The van der Waals surface area contributed by atoms with Gasteiger partial charge < -0.3 is 15.1 Å². The summed E-state index contributed by atoms with van der Waals surface area (Å²) in [5, 5.41) is 3.54. The van der Waals surface area contributed by atoms with Crippen LogP contribution in [0, 0.1) is 18.8 Å². The van der Waals surface area contributed by atoms with Crippen molar-refractivity contribution in [2.75, 3.05) is 27.2 Å². The molecule has 3 amide bonds. The smallest absolute Gasteiger partial charge is 0.317 e. The lowest BCUT2D eigenvalue weighted by Gasteiger charge is -2.24. The highest BCUT2D eigenvalue weighted by Gasteiger charge is 2.38. The second-order valence-corrected chi connectivity index (χ2v) is 7.38. The largest absolute Gasteiger partial charge is 0.336 e. The summed E-state index contributed by atoms with van der Waals surface area (Å²) in [5.74, 6) is 0.514. The van der Waals surface area contributed by atoms with E-state index in [-0.39, 0.29) is 23.9 Å². The molecule has 1 aliphatic rings. The summed E-state index contributed by atoms with van der Waals surface area (Å²) in [6, 6.07) is 5.31. The van der Waals surface area contributed by atoms with Gasteiger partial charge in [-0.25, -0.2) is 4.79 Å². The molecule has 1 aromatic carbocycles. The van der Waals surface area contributed by atoms with Crippen molar-refractivity contribution in [3.63, 3.8) is 0 Å². The molecule has 0 radical (unpaired) electrons. The molecule has 1 heterocycles. The van der Waals surface area contributed by atoms with Crippen molar-refractivity contribution >= 4 is 23.5 Å². The zero-order chi connectivity index (χ0) is 18.0. The van der Waals surface area contributed by atoms with Crippen molar-refractivity contribution in [3.8, 4) is 0 Å². The van der Waals surface area contributed by atoms with E-state index < -0.39 is 0 Å². The lowest BCUT2D eigenvalue weighted by atomic mass is 9.91. The van der Waals surface area contributed by atoms with Crippen LogP contribution < -0.4 is 5.32 Å². The molecular formula is C18H26ClN3O2. The van der Waals surface area contributed by atoms with Crippen molar-refractivity contribution in [3.05, 3.63) is 34.3 Å². The fourth-order valence-electron chi connectivity index (χ4n) is 3.09. The van der Waals surface area contributed by atoms with Crippen molar-refractivity contribution < 1.29 is 9.59 Å². The highest BCUT2D eigenvalue weighted by Crippen LogP contribution is 2.28. The minimum Gasteiger partial charge on any atom is -0.336 e. The fourth-order valence-corrected chi connectivity index (χ4v) is 3.30. The predicted octanol–water partition coefficient (Wildman–Crippen LogP) is 3.02. The van der Waals surface area contributed by atoms with Gasteiger partial charge >= 0.3 is 6.03 Å². The average molecular weight is 352 g/mol. The van der Waals surface area contributed by atoms with Gasteiger partial charge in [0.15, 0.2) is 0 Å². The maximum Gasteiger partial charge on any atom is 0.317 e. The van der Waals surface area contributed by atoms with E-state index in [1.807, 2.05) is 19.1 Å². The van der Waals surface area contributed by atoms with Crippen LogP contribution in [-0.2, 0) is 0 Å². The number of benzene rings is 1. The van der Waals surface area contributed by atoms with Gasteiger partial charge in [-0.2, -0.15) is 0 Å². The Morgan fingerprint density at radius 1 is 1.29 bits per heavy atom. The Kier molecular flexibility index (Phi) is 5.75. The summed E-state index contributed by atoms with van der Waals surface area (Å²) in [6.45, 7) is 7.25. The standard InChI is InChI=1S/C18H26ClN3O2/c1-11(2)14-9-22(10-15(14)20-18(24)21(4)5)17(23)13-8-6-7-12(3)16(13)19/h6-8,11,14-15H,9-10H2,1-5H3,(H,20,24)/t14-,15+/m0/s1. The molecule has 1 fully saturated rings. The normalized spacial score (nSPS) is 20.4. The van der Waals surface area contributed by atoms with Gasteiger partial charge in [-0.05, 0) is 24.5 Å². The summed E-state index contributed by atoms with van der Waals surface area (Å²) in [6.07, 6.45) is 0. The lowest BCUT2D eigenvalue weighted by Crippen LogP contribution is -2.46. The lowest BCUT2D eigenvalue weighted by molar-refractivity contribution is 0.0782. The van der Waals surface area contributed by atoms with Gasteiger partial charge in [0.05, 0.1) is 16.6 Å². The molecule has 0 unspecified atom stereocenters. The third-order valence-electron chi connectivity index (χ3n) is 4.65. The van der Waals surface area contributed by atoms with Crippen LogP contribution >= 0.6 is 11.6 Å². The first-order valence-electron chi connectivity index (χ1n) is 8.24. The minimum absolute atomic E-state index is 0.0487. The van der Waals surface area contributed by atoms with Crippen LogP contribution in [0.15, 0.2) is 18.2 Å². The van der Waals surface area contributed by atoms with Crippen molar-refractivity contribution in [1.29, 1.82) is 0 Å². The molecule has 0 saturated carbocycles. The third-order valence-corrected chi connectivity index (χ3v) is 5.15. The molecule has 5 nitrogen and oxygen atoms in total. The third kappa shape index (κ3) is 3.83. The Bertz CT molecular complexity index is 631. The number of nitrogens with zero attached hydrogens (tertiary/aromatic N) is 2. The number of halogens is 1. The number of hydrogen-bond acceptors (Lipinski definition) is 2. The van der Waals surface area contributed by atoms with E-state index in [4.69, 9.17) is 11.6 Å². The average Bonchev–Trinajstić information content (AvgIpc) is 2.93. The topological polar surface area (TPSA) is 52.7 Å². The van der Waals surface area contributed by atoms with Crippen molar-refractivity contribution in [1.82, 2.24) is 15.1 Å². The summed E-state index contributed by atoms with van der Waals surface area (Å²) < 4.78 is 0. The van der Waals surface area contributed by atoms with Crippen LogP contribution in [-0.4, -0.2) is 55.0 Å². The number of aryl methyl sites for hydroxylation is 1. The zero-order valence-electron chi connectivity index (χ0n) is 15.0. The molecule has 24 heavy (non-hydrogen) atoms. The molecular weight excluding hydrogens is 326 g/mol. The number of hydrogen-bond donors (Lipinski definition) is 1. The van der Waals surface area contributed by atoms with Gasteiger partial charge in [0.1, 0.15) is 0 Å². The van der Waals surface area contributed by atoms with Gasteiger partial charge in [-0.15, -0.1) is 0 Å². The first-order valence-corrected chi connectivity index (χ1v) is 8.62. The molecule has 1 aromatic rings. The Balaban J connectivity index is 2.19. The van der Waals surface area contributed by atoms with E-state index in [1.165, 1.54) is 4.90 Å². The van der Waals surface area contributed by atoms with Crippen LogP contribution in [0.4, 0.5) is 4.79 Å². The Morgan fingerprint density at radius 2 is 1.96 bits per heavy atom. The number of carbonyl (C=O) groups is 2. The number of carbonyl (C=O) groups excluding carboxylic acids is 2. The van der Waals surface area contributed by atoms with Gasteiger partial charge in [-0.3, -0.25) is 4.79 Å². The second kappa shape index (κ2) is 7.43. The zero-order valence-corrected chi connectivity index (χ0v) is 15.7. The number of rotatable bonds is 3. The highest BCUT2D eigenvalue weighted by molar-refractivity contribution is 6.34. The Labute approximate surface area is 149 Å². The first kappa shape index (κ1) is 18.6. The molecule has 0 spiro atoms. The van der Waals surface area contributed by atoms with E-state index in [2.05, 4.69) is 19.2 Å². The molecule has 6 heteroatoms. The van der Waals surface area contributed by atoms with Crippen LogP contribution in [0.25, 0.3) is 0 Å². The number of nitrogens with one attached hydrogen (secondary N) is 1. The summed E-state index contributed by atoms with van der Waals surface area (Å²) in [5.41, 5.74) is 1.42. The maximum absolute atomic E-state index is 12.9. The molecule has 1 N–H and O–H groups in total. The Hall–Kier alpha value is -1.75. The quantitative estimate of drug-likeness (QED) is 0.910. The SMILES string of the molecule is Cc1cccc(C(=O)N2C[C@@H](NC(=O)N(C)C)[C@H](C(C)C)C2)c1Cl. The summed E-state index contributed by atoms with van der Waals surface area (Å²) in [4.78, 5) is 28.2. The molecule has 1 aliphatic heterocycles. The number of likely N-dealkylation sites (tertiary alicyclic amines) is 1. The van der Waals surface area contributed by atoms with Crippen LogP contribution in [0.2, 0.25) is 5.02 Å². The van der Waals surface area contributed by atoms with E-state index >= 15 is 0 Å². The van der Waals surface area contributed by atoms with E-state index in [0.717, 1.165) is 5.56 Å². The molecule has 2 atom stereocenters. The molecule has 0 aromatic heterocycles. The van der Waals surface area contributed by atoms with Crippen LogP contribution in [0.5, 0.6) is 0 Å². The predicted molar refractivity (Wildman–Crippen MR) is 96.4 cm³/mol. The first-order chi connectivity index (χ1) is 11.2. The summed E-state index contributed by atoms with van der Waals surface area (Å²) >= 11 is 6.30. The molecule has 2 rings (SSSR count). The fraction of sp³-hybridized carbons (Fsp3) is 0.556. The van der Waals surface area contributed by atoms with Crippen LogP contribution in [0.3, 0.4) is 0 Å². The van der Waals surface area contributed by atoms with Gasteiger partial charge in [-0.1, -0.05) is 37.6 Å². The minimum atomic E-state index is -0.131. The number of amides is 3. The van der Waals surface area contributed by atoms with E-state index in [9.17, 15) is 9.59 Å². The van der Waals surface area contributed by atoms with Crippen molar-refractivity contribution in [2.24, 2.45) is 11.8 Å². The molecule has 0 bridgehead atoms. The van der Waals surface area contributed by atoms with Crippen molar-refractivity contribution in [2.45, 2.75) is 26.8 Å². The highest BCUT2D eigenvalue weighted by atomic mass is 35.5. The maximum atomic E-state index is 12.9. The van der Waals surface area contributed by atoms with Gasteiger partial charge in [0.25, 0.3) is 5.91 Å². The van der Waals surface area contributed by atoms with E-state index in [0.29, 0.717) is 29.6 Å². The molecule has 0 aliphatic carbocycles. The van der Waals surface area contributed by atoms with Crippen LogP contribution in [0.1, 0.15) is 29.8 Å². The summed E-state index contributed by atoms with van der Waals surface area (Å²) in [7, 11) is 3.42.